The SMILES string of the molecule is CCC1(C)CSC(Nc2ccc(-c3ccccc3)cc2)=N1. The summed E-state index contributed by atoms with van der Waals surface area (Å²) in [5.41, 5.74) is 3.67. The van der Waals surface area contributed by atoms with Crippen LogP contribution in [-0.2, 0) is 0 Å². The van der Waals surface area contributed by atoms with Gasteiger partial charge in [-0.1, -0.05) is 61.2 Å². The standard InChI is InChI=1S/C18H20N2S/c1-3-18(2)13-21-17(20-18)19-16-11-9-15(10-12-16)14-7-5-4-6-8-14/h4-12H,3,13H2,1-2H3,(H,19,20). The first-order chi connectivity index (χ1) is 10.2. The molecule has 21 heavy (non-hydrogen) atoms. The number of hydrogen-bond acceptors (Lipinski definition) is 3. The molecule has 1 unspecified atom stereocenters. The number of aliphatic imine (C=N–C) groups is 1. The summed E-state index contributed by atoms with van der Waals surface area (Å²) in [6, 6.07) is 19.0. The Morgan fingerprint density at radius 1 is 1.05 bits per heavy atom. The maximum absolute atomic E-state index is 4.78. The molecule has 2 aromatic rings. The zero-order valence-electron chi connectivity index (χ0n) is 12.5. The van der Waals surface area contributed by atoms with Crippen LogP contribution in [0.4, 0.5) is 5.69 Å². The average molecular weight is 296 g/mol. The van der Waals surface area contributed by atoms with Crippen LogP contribution in [0.5, 0.6) is 0 Å². The number of nitrogens with one attached hydrogen (secondary N) is 1. The normalized spacial score (nSPS) is 21.1. The first kappa shape index (κ1) is 14.2. The third-order valence-corrected chi connectivity index (χ3v) is 5.13. The van der Waals surface area contributed by atoms with Crippen LogP contribution in [0.15, 0.2) is 59.6 Å². The van der Waals surface area contributed by atoms with Crippen molar-refractivity contribution in [3.8, 4) is 11.1 Å². The molecule has 0 aromatic heterocycles. The van der Waals surface area contributed by atoms with Crippen LogP contribution < -0.4 is 5.32 Å². The Morgan fingerprint density at radius 3 is 2.33 bits per heavy atom. The summed E-state index contributed by atoms with van der Waals surface area (Å²) in [6.45, 7) is 4.41. The van der Waals surface area contributed by atoms with Gasteiger partial charge in [-0.2, -0.15) is 0 Å². The summed E-state index contributed by atoms with van der Waals surface area (Å²) >= 11 is 1.81. The van der Waals surface area contributed by atoms with Gasteiger partial charge in [-0.25, -0.2) is 0 Å². The Labute approximate surface area is 130 Å². The molecular weight excluding hydrogens is 276 g/mol. The minimum atomic E-state index is 0.0942. The molecule has 3 heteroatoms. The van der Waals surface area contributed by atoms with Crippen molar-refractivity contribution in [1.29, 1.82) is 0 Å². The predicted octanol–water partition coefficient (Wildman–Crippen LogP) is 5.04. The number of thioether (sulfide) groups is 1. The Bertz CT molecular complexity index is 634. The summed E-state index contributed by atoms with van der Waals surface area (Å²) in [7, 11) is 0. The fourth-order valence-corrected chi connectivity index (χ4v) is 3.47. The molecule has 1 aliphatic heterocycles. The highest BCUT2D eigenvalue weighted by Crippen LogP contribution is 2.31. The third-order valence-electron chi connectivity index (χ3n) is 3.90. The van der Waals surface area contributed by atoms with Crippen LogP contribution in [-0.4, -0.2) is 16.5 Å². The molecule has 2 aromatic carbocycles. The molecule has 0 radical (unpaired) electrons. The van der Waals surface area contributed by atoms with E-state index in [9.17, 15) is 0 Å². The molecular formula is C18H20N2S. The fraction of sp³-hybridized carbons (Fsp3) is 0.278. The van der Waals surface area contributed by atoms with Gasteiger partial charge in [0.2, 0.25) is 0 Å². The number of benzene rings is 2. The summed E-state index contributed by atoms with van der Waals surface area (Å²) < 4.78 is 0. The van der Waals surface area contributed by atoms with Gasteiger partial charge < -0.3 is 5.32 Å². The summed E-state index contributed by atoms with van der Waals surface area (Å²) in [5.74, 6) is 1.06. The highest BCUT2D eigenvalue weighted by Gasteiger charge is 2.28. The highest BCUT2D eigenvalue weighted by atomic mass is 32.2. The van der Waals surface area contributed by atoms with E-state index in [0.717, 1.165) is 23.0 Å². The van der Waals surface area contributed by atoms with Crippen molar-refractivity contribution in [2.75, 3.05) is 11.1 Å². The highest BCUT2D eigenvalue weighted by molar-refractivity contribution is 8.14. The van der Waals surface area contributed by atoms with Gasteiger partial charge >= 0.3 is 0 Å². The van der Waals surface area contributed by atoms with Crippen LogP contribution in [0.2, 0.25) is 0 Å². The van der Waals surface area contributed by atoms with E-state index in [0.29, 0.717) is 0 Å². The number of amidine groups is 1. The molecule has 0 aliphatic carbocycles. The van der Waals surface area contributed by atoms with Gasteiger partial charge in [-0.05, 0) is 36.6 Å². The number of rotatable bonds is 3. The Balaban J connectivity index is 1.73. The van der Waals surface area contributed by atoms with Crippen LogP contribution in [0.3, 0.4) is 0 Å². The van der Waals surface area contributed by atoms with E-state index < -0.39 is 0 Å². The van der Waals surface area contributed by atoms with Crippen LogP contribution in [0.1, 0.15) is 20.3 Å². The third kappa shape index (κ3) is 3.30. The molecule has 0 saturated heterocycles. The lowest BCUT2D eigenvalue weighted by atomic mass is 10.0. The van der Waals surface area contributed by atoms with E-state index in [2.05, 4.69) is 67.7 Å². The van der Waals surface area contributed by atoms with Gasteiger partial charge in [-0.15, -0.1) is 0 Å². The van der Waals surface area contributed by atoms with Gasteiger partial charge in [0.25, 0.3) is 0 Å². The first-order valence-electron chi connectivity index (χ1n) is 7.34. The lowest BCUT2D eigenvalue weighted by molar-refractivity contribution is 0.523. The second kappa shape index (κ2) is 5.94. The van der Waals surface area contributed by atoms with Crippen LogP contribution in [0.25, 0.3) is 11.1 Å². The van der Waals surface area contributed by atoms with E-state index in [-0.39, 0.29) is 5.54 Å². The molecule has 0 bridgehead atoms. The molecule has 0 spiro atoms. The minimum absolute atomic E-state index is 0.0942. The predicted molar refractivity (Wildman–Crippen MR) is 94.1 cm³/mol. The zero-order valence-corrected chi connectivity index (χ0v) is 13.3. The lowest BCUT2D eigenvalue weighted by Crippen LogP contribution is -2.20. The number of nitrogens with zero attached hydrogens (tertiary/aromatic N) is 1. The number of hydrogen-bond donors (Lipinski definition) is 1. The first-order valence-corrected chi connectivity index (χ1v) is 8.32. The molecule has 0 saturated carbocycles. The summed E-state index contributed by atoms with van der Waals surface area (Å²) in [5, 5.41) is 4.46. The second-order valence-corrected chi connectivity index (χ2v) is 6.59. The molecule has 0 fully saturated rings. The van der Waals surface area contributed by atoms with Crippen LogP contribution >= 0.6 is 11.8 Å². The van der Waals surface area contributed by atoms with E-state index >= 15 is 0 Å². The molecule has 0 amide bonds. The molecule has 1 aliphatic rings. The average Bonchev–Trinajstić information content (AvgIpc) is 2.91. The van der Waals surface area contributed by atoms with Gasteiger partial charge in [0, 0.05) is 11.4 Å². The Morgan fingerprint density at radius 2 is 1.71 bits per heavy atom. The van der Waals surface area contributed by atoms with Crippen molar-refractivity contribution < 1.29 is 0 Å². The maximum Gasteiger partial charge on any atom is 0.161 e. The Kier molecular flexibility index (Phi) is 4.02. The van der Waals surface area contributed by atoms with Gasteiger partial charge in [0.05, 0.1) is 5.54 Å². The van der Waals surface area contributed by atoms with Gasteiger partial charge in [0.15, 0.2) is 5.17 Å². The zero-order chi connectivity index (χ0) is 14.7. The van der Waals surface area contributed by atoms with Crippen molar-refractivity contribution in [2.24, 2.45) is 4.99 Å². The Hall–Kier alpha value is -1.74. The monoisotopic (exact) mass is 296 g/mol. The molecule has 1 atom stereocenters. The minimum Gasteiger partial charge on any atom is -0.335 e. The van der Waals surface area contributed by atoms with Gasteiger partial charge in [-0.3, -0.25) is 4.99 Å². The maximum atomic E-state index is 4.78. The van der Waals surface area contributed by atoms with E-state index in [1.807, 2.05) is 17.8 Å². The molecule has 108 valence electrons. The smallest absolute Gasteiger partial charge is 0.161 e. The van der Waals surface area contributed by atoms with Crippen molar-refractivity contribution in [1.82, 2.24) is 0 Å². The summed E-state index contributed by atoms with van der Waals surface area (Å²) in [4.78, 5) is 4.78. The van der Waals surface area contributed by atoms with Crippen molar-refractivity contribution in [3.05, 3.63) is 54.6 Å². The molecule has 1 N–H and O–H groups in total. The fourth-order valence-electron chi connectivity index (χ4n) is 2.28. The largest absolute Gasteiger partial charge is 0.335 e. The number of anilines is 1. The summed E-state index contributed by atoms with van der Waals surface area (Å²) in [6.07, 6.45) is 1.08. The van der Waals surface area contributed by atoms with Gasteiger partial charge in [0.1, 0.15) is 0 Å². The molecule has 3 rings (SSSR count). The van der Waals surface area contributed by atoms with Crippen LogP contribution in [0, 0.1) is 0 Å². The quantitative estimate of drug-likeness (QED) is 0.858. The molecule has 2 nitrogen and oxygen atoms in total. The molecule has 1 heterocycles. The van der Waals surface area contributed by atoms with E-state index in [4.69, 9.17) is 4.99 Å². The van der Waals surface area contributed by atoms with E-state index in [1.165, 1.54) is 11.1 Å². The lowest BCUT2D eigenvalue weighted by Gasteiger charge is -2.15. The van der Waals surface area contributed by atoms with Crippen molar-refractivity contribution >= 4 is 22.6 Å². The van der Waals surface area contributed by atoms with Crippen molar-refractivity contribution in [3.63, 3.8) is 0 Å². The van der Waals surface area contributed by atoms with E-state index in [1.54, 1.807) is 0 Å². The second-order valence-electron chi connectivity index (χ2n) is 5.62. The topological polar surface area (TPSA) is 24.4 Å². The van der Waals surface area contributed by atoms with Crippen molar-refractivity contribution in [2.45, 2.75) is 25.8 Å².